The van der Waals surface area contributed by atoms with Crippen LogP contribution in [-0.2, 0) is 28.5 Å². The summed E-state index contributed by atoms with van der Waals surface area (Å²) in [6.07, 6.45) is 3.50. The van der Waals surface area contributed by atoms with Crippen LogP contribution < -0.4 is 5.32 Å². The van der Waals surface area contributed by atoms with Crippen molar-refractivity contribution in [2.24, 2.45) is 5.92 Å². The normalized spacial score (nSPS) is 37.0. The lowest BCUT2D eigenvalue weighted by molar-refractivity contribution is -0.146. The number of carbonyl (C=O) groups excluding carboxylic acids is 2. The van der Waals surface area contributed by atoms with Crippen LogP contribution in [0.4, 0.5) is 4.79 Å². The molecule has 0 aromatic heterocycles. The summed E-state index contributed by atoms with van der Waals surface area (Å²) in [5, 5.41) is 2.63. The molecule has 8 heteroatoms. The molecule has 1 aliphatic carbocycles. The molecule has 1 amide bonds. The number of hydrogen-bond donors (Lipinski definition) is 1. The Morgan fingerprint density at radius 3 is 2.55 bits per heavy atom. The van der Waals surface area contributed by atoms with E-state index in [1.54, 1.807) is 14.0 Å². The third-order valence-electron chi connectivity index (χ3n) is 6.77. The van der Waals surface area contributed by atoms with Gasteiger partial charge in [-0.15, -0.1) is 0 Å². The Hall–Kier alpha value is -1.64. The second-order valence-corrected chi connectivity index (χ2v) is 9.18. The van der Waals surface area contributed by atoms with E-state index in [4.69, 9.17) is 23.7 Å². The molecule has 1 N–H and O–H groups in total. The van der Waals surface area contributed by atoms with Crippen LogP contribution in [0.15, 0.2) is 11.6 Å². The summed E-state index contributed by atoms with van der Waals surface area (Å²) in [6.45, 7) is 10.7. The summed E-state index contributed by atoms with van der Waals surface area (Å²) in [5.41, 5.74) is 0.591. The number of esters is 1. The predicted octanol–water partition coefficient (Wildman–Crippen LogP) is 3.13. The molecule has 2 heterocycles. The maximum atomic E-state index is 12.6. The number of epoxide rings is 2. The van der Waals surface area contributed by atoms with E-state index < -0.39 is 29.8 Å². The molecule has 3 fully saturated rings. The van der Waals surface area contributed by atoms with E-state index in [-0.39, 0.29) is 30.3 Å². The van der Waals surface area contributed by atoms with Crippen LogP contribution in [0.2, 0.25) is 0 Å². The van der Waals surface area contributed by atoms with Crippen LogP contribution in [0, 0.1) is 5.92 Å². The Labute approximate surface area is 185 Å². The van der Waals surface area contributed by atoms with Crippen LogP contribution in [-0.4, -0.2) is 67.9 Å². The molecule has 2 aliphatic heterocycles. The minimum Gasteiger partial charge on any atom is -0.464 e. The van der Waals surface area contributed by atoms with Gasteiger partial charge in [0, 0.05) is 7.11 Å². The van der Waals surface area contributed by atoms with Crippen molar-refractivity contribution in [3.05, 3.63) is 11.6 Å². The SMILES string of the molecule is CCOC(=O)C(CC)NC(=O)OC1CCC2(CO2)C(C2(C)OC2CC=C(C)C)C1OC. The van der Waals surface area contributed by atoms with Gasteiger partial charge in [-0.3, -0.25) is 0 Å². The van der Waals surface area contributed by atoms with E-state index in [0.29, 0.717) is 19.4 Å². The van der Waals surface area contributed by atoms with Gasteiger partial charge in [-0.1, -0.05) is 18.6 Å². The largest absolute Gasteiger partial charge is 0.464 e. The Morgan fingerprint density at radius 1 is 1.29 bits per heavy atom. The number of carbonyl (C=O) groups is 2. The molecular weight excluding hydrogens is 402 g/mol. The molecule has 0 radical (unpaired) electrons. The van der Waals surface area contributed by atoms with Crippen molar-refractivity contribution >= 4 is 12.1 Å². The first kappa shape index (κ1) is 24.0. The van der Waals surface area contributed by atoms with Crippen LogP contribution >= 0.6 is 0 Å². The Bertz CT molecular complexity index is 700. The van der Waals surface area contributed by atoms with E-state index in [1.807, 2.05) is 6.92 Å². The maximum absolute atomic E-state index is 12.6. The number of amides is 1. The zero-order valence-electron chi connectivity index (χ0n) is 19.6. The number of allylic oxidation sites excluding steroid dienone is 1. The fourth-order valence-electron chi connectivity index (χ4n) is 4.95. The summed E-state index contributed by atoms with van der Waals surface area (Å²) in [7, 11) is 1.64. The van der Waals surface area contributed by atoms with Gasteiger partial charge in [-0.2, -0.15) is 0 Å². The quantitative estimate of drug-likeness (QED) is 0.335. The van der Waals surface area contributed by atoms with E-state index in [1.165, 1.54) is 5.57 Å². The highest BCUT2D eigenvalue weighted by Crippen LogP contribution is 2.59. The van der Waals surface area contributed by atoms with Gasteiger partial charge in [0.25, 0.3) is 0 Å². The first-order chi connectivity index (χ1) is 14.7. The van der Waals surface area contributed by atoms with Crippen molar-refractivity contribution < 1.29 is 33.3 Å². The van der Waals surface area contributed by atoms with Gasteiger partial charge in [-0.05, 0) is 53.4 Å². The minimum absolute atomic E-state index is 0.0425. The Morgan fingerprint density at radius 2 is 2.00 bits per heavy atom. The fraction of sp³-hybridized carbons (Fsp3) is 0.826. The molecule has 7 atom stereocenters. The van der Waals surface area contributed by atoms with Crippen molar-refractivity contribution in [3.8, 4) is 0 Å². The first-order valence-corrected chi connectivity index (χ1v) is 11.3. The molecule has 0 aromatic rings. The Balaban J connectivity index is 1.68. The molecule has 176 valence electrons. The van der Waals surface area contributed by atoms with Gasteiger partial charge in [0.1, 0.15) is 29.5 Å². The highest BCUT2D eigenvalue weighted by molar-refractivity contribution is 5.81. The number of methoxy groups -OCH3 is 1. The van der Waals surface area contributed by atoms with Crippen molar-refractivity contribution in [2.45, 2.75) is 95.9 Å². The summed E-state index contributed by atoms with van der Waals surface area (Å²) in [6, 6.07) is -0.733. The van der Waals surface area contributed by atoms with Gasteiger partial charge >= 0.3 is 12.1 Å². The fourth-order valence-corrected chi connectivity index (χ4v) is 4.95. The lowest BCUT2D eigenvalue weighted by atomic mass is 9.68. The van der Waals surface area contributed by atoms with Crippen LogP contribution in [0.1, 0.15) is 60.3 Å². The van der Waals surface area contributed by atoms with Crippen molar-refractivity contribution in [1.29, 1.82) is 0 Å². The molecule has 2 saturated heterocycles. The second kappa shape index (κ2) is 9.46. The first-order valence-electron chi connectivity index (χ1n) is 11.3. The Kier molecular flexibility index (Phi) is 7.33. The summed E-state index contributed by atoms with van der Waals surface area (Å²) in [5.74, 6) is -0.503. The molecule has 31 heavy (non-hydrogen) atoms. The number of rotatable bonds is 9. The molecular formula is C23H37NO7. The van der Waals surface area contributed by atoms with Crippen molar-refractivity contribution in [3.63, 3.8) is 0 Å². The summed E-state index contributed by atoms with van der Waals surface area (Å²) < 4.78 is 28.7. The third kappa shape index (κ3) is 5.07. The molecule has 1 saturated carbocycles. The number of hydrogen-bond acceptors (Lipinski definition) is 7. The zero-order valence-corrected chi connectivity index (χ0v) is 19.6. The van der Waals surface area contributed by atoms with Gasteiger partial charge < -0.3 is 29.0 Å². The van der Waals surface area contributed by atoms with Crippen LogP contribution in [0.25, 0.3) is 0 Å². The van der Waals surface area contributed by atoms with E-state index in [0.717, 1.165) is 12.8 Å². The zero-order chi connectivity index (χ0) is 22.8. The van der Waals surface area contributed by atoms with Crippen molar-refractivity contribution in [1.82, 2.24) is 5.32 Å². The monoisotopic (exact) mass is 439 g/mol. The van der Waals surface area contributed by atoms with Crippen molar-refractivity contribution in [2.75, 3.05) is 20.3 Å². The highest BCUT2D eigenvalue weighted by atomic mass is 16.6. The number of nitrogens with one attached hydrogen (secondary N) is 1. The van der Waals surface area contributed by atoms with E-state index in [2.05, 4.69) is 32.2 Å². The molecule has 8 nitrogen and oxygen atoms in total. The van der Waals surface area contributed by atoms with Gasteiger partial charge in [0.05, 0.1) is 25.2 Å². The van der Waals surface area contributed by atoms with Gasteiger partial charge in [0.2, 0.25) is 0 Å². The average Bonchev–Trinajstić information content (AvgIpc) is 3.63. The molecule has 0 aromatic carbocycles. The number of ether oxygens (including phenoxy) is 5. The molecule has 3 rings (SSSR count). The lowest BCUT2D eigenvalue weighted by Crippen LogP contribution is -2.56. The van der Waals surface area contributed by atoms with E-state index in [9.17, 15) is 9.59 Å². The third-order valence-corrected chi connectivity index (χ3v) is 6.77. The lowest BCUT2D eigenvalue weighted by Gasteiger charge is -2.42. The minimum atomic E-state index is -0.733. The van der Waals surface area contributed by atoms with E-state index >= 15 is 0 Å². The van der Waals surface area contributed by atoms with Crippen LogP contribution in [0.5, 0.6) is 0 Å². The van der Waals surface area contributed by atoms with Crippen LogP contribution in [0.3, 0.4) is 0 Å². The smallest absolute Gasteiger partial charge is 0.408 e. The summed E-state index contributed by atoms with van der Waals surface area (Å²) >= 11 is 0. The topological polar surface area (TPSA) is 98.9 Å². The predicted molar refractivity (Wildman–Crippen MR) is 114 cm³/mol. The highest BCUT2D eigenvalue weighted by Gasteiger charge is 2.72. The molecule has 1 spiro atoms. The second-order valence-electron chi connectivity index (χ2n) is 9.18. The summed E-state index contributed by atoms with van der Waals surface area (Å²) in [4.78, 5) is 24.6. The van der Waals surface area contributed by atoms with Gasteiger partial charge in [-0.25, -0.2) is 9.59 Å². The molecule has 3 aliphatic rings. The molecule has 0 bridgehead atoms. The maximum Gasteiger partial charge on any atom is 0.408 e. The average molecular weight is 440 g/mol. The standard InChI is InChI=1S/C23H37NO7/c1-7-15(20(25)28-8-2)24-21(26)30-16-11-12-23(13-29-23)19(18(16)27-6)22(5)17(31-22)10-9-14(3)4/h9,15-19H,7-8,10-13H2,1-6H3,(H,24,26). The van der Waals surface area contributed by atoms with Gasteiger partial charge in [0.15, 0.2) is 0 Å². The number of alkyl carbamates (subject to hydrolysis) is 1. The molecule has 7 unspecified atom stereocenters.